The van der Waals surface area contributed by atoms with Gasteiger partial charge in [0.1, 0.15) is 0 Å². The third kappa shape index (κ3) is 4.70. The van der Waals surface area contributed by atoms with E-state index in [1.807, 2.05) is 13.2 Å². The zero-order valence-corrected chi connectivity index (χ0v) is 15.3. The van der Waals surface area contributed by atoms with Gasteiger partial charge in [-0.25, -0.2) is 4.79 Å². The number of nitrogens with zero attached hydrogens (tertiary/aromatic N) is 3. The summed E-state index contributed by atoms with van der Waals surface area (Å²) in [5.41, 5.74) is 1.92. The number of piperidine rings is 1. The average Bonchev–Trinajstić information content (AvgIpc) is 2.79. The third-order valence-electron chi connectivity index (χ3n) is 4.43. The molecule has 2 heterocycles. The first-order valence-electron chi connectivity index (χ1n) is 8.53. The molecule has 0 atom stereocenters. The zero-order chi connectivity index (χ0) is 17.2. The lowest BCUT2D eigenvalue weighted by Gasteiger charge is -2.40. The average molecular weight is 321 g/mol. The molecular formula is C17H31N5O. The normalized spacial score (nSPS) is 17.5. The minimum atomic E-state index is -0.130. The molecule has 130 valence electrons. The van der Waals surface area contributed by atoms with Crippen molar-refractivity contribution < 1.29 is 4.79 Å². The Bertz CT molecular complexity index is 536. The van der Waals surface area contributed by atoms with E-state index in [2.05, 4.69) is 55.3 Å². The summed E-state index contributed by atoms with van der Waals surface area (Å²) < 4.78 is 1.74. The second-order valence-electron chi connectivity index (χ2n) is 7.79. The number of nitrogens with one attached hydrogen (secondary N) is 2. The van der Waals surface area contributed by atoms with Crippen LogP contribution in [-0.2, 0) is 7.05 Å². The second kappa shape index (κ2) is 6.91. The van der Waals surface area contributed by atoms with Gasteiger partial charge in [0.15, 0.2) is 0 Å². The molecule has 0 aromatic carbocycles. The highest BCUT2D eigenvalue weighted by Crippen LogP contribution is 2.23. The highest BCUT2D eigenvalue weighted by molar-refractivity contribution is 5.90. The van der Waals surface area contributed by atoms with Crippen LogP contribution in [0, 0.1) is 0 Å². The van der Waals surface area contributed by atoms with E-state index in [-0.39, 0.29) is 23.5 Å². The molecule has 6 nitrogen and oxygen atoms in total. The second-order valence-corrected chi connectivity index (χ2v) is 7.79. The van der Waals surface area contributed by atoms with Crippen molar-refractivity contribution in [1.82, 2.24) is 20.0 Å². The SMILES string of the molecule is CC(C)c1nn(C)cc1NC(=O)NC1CCN(C(C)(C)C)CC1. The Morgan fingerprint density at radius 1 is 1.30 bits per heavy atom. The summed E-state index contributed by atoms with van der Waals surface area (Å²) in [7, 11) is 1.87. The van der Waals surface area contributed by atoms with Crippen molar-refractivity contribution in [2.45, 2.75) is 65.0 Å². The van der Waals surface area contributed by atoms with Crippen LogP contribution in [0.1, 0.15) is 59.1 Å². The predicted molar refractivity (Wildman–Crippen MR) is 93.8 cm³/mol. The van der Waals surface area contributed by atoms with Crippen LogP contribution in [0.15, 0.2) is 6.20 Å². The topological polar surface area (TPSA) is 62.2 Å². The fourth-order valence-electron chi connectivity index (χ4n) is 3.07. The predicted octanol–water partition coefficient (Wildman–Crippen LogP) is 2.93. The van der Waals surface area contributed by atoms with Gasteiger partial charge in [-0.15, -0.1) is 0 Å². The van der Waals surface area contributed by atoms with Gasteiger partial charge in [-0.2, -0.15) is 5.10 Å². The number of hydrogen-bond acceptors (Lipinski definition) is 3. The summed E-state index contributed by atoms with van der Waals surface area (Å²) in [4.78, 5) is 14.7. The molecular weight excluding hydrogens is 290 g/mol. The summed E-state index contributed by atoms with van der Waals surface area (Å²) in [6, 6.07) is 0.113. The Hall–Kier alpha value is -1.56. The van der Waals surface area contributed by atoms with Gasteiger partial charge in [0.25, 0.3) is 0 Å². The minimum absolute atomic E-state index is 0.130. The van der Waals surface area contributed by atoms with E-state index in [1.165, 1.54) is 0 Å². The lowest BCUT2D eigenvalue weighted by atomic mass is 9.98. The summed E-state index contributed by atoms with van der Waals surface area (Å²) in [6.45, 7) is 12.9. The van der Waals surface area contributed by atoms with Gasteiger partial charge in [0.05, 0.1) is 11.4 Å². The number of urea groups is 1. The molecule has 1 fully saturated rings. The van der Waals surface area contributed by atoms with E-state index in [4.69, 9.17) is 0 Å². The molecule has 1 aliphatic rings. The van der Waals surface area contributed by atoms with Gasteiger partial charge in [0, 0.05) is 37.9 Å². The van der Waals surface area contributed by atoms with E-state index in [0.717, 1.165) is 37.3 Å². The first-order chi connectivity index (χ1) is 10.7. The van der Waals surface area contributed by atoms with Gasteiger partial charge >= 0.3 is 6.03 Å². The highest BCUT2D eigenvalue weighted by Gasteiger charge is 2.27. The van der Waals surface area contributed by atoms with Crippen LogP contribution in [0.4, 0.5) is 10.5 Å². The highest BCUT2D eigenvalue weighted by atomic mass is 16.2. The first kappa shape index (κ1) is 17.8. The third-order valence-corrected chi connectivity index (χ3v) is 4.43. The molecule has 6 heteroatoms. The van der Waals surface area contributed by atoms with Crippen LogP contribution in [0.25, 0.3) is 0 Å². The summed E-state index contributed by atoms with van der Waals surface area (Å²) in [5.74, 6) is 0.279. The van der Waals surface area contributed by atoms with E-state index in [1.54, 1.807) is 4.68 Å². The van der Waals surface area contributed by atoms with Gasteiger partial charge in [0.2, 0.25) is 0 Å². The Kier molecular flexibility index (Phi) is 5.34. The number of hydrogen-bond donors (Lipinski definition) is 2. The minimum Gasteiger partial charge on any atom is -0.335 e. The van der Waals surface area contributed by atoms with Gasteiger partial charge in [-0.1, -0.05) is 13.8 Å². The van der Waals surface area contributed by atoms with Crippen LogP contribution in [0.3, 0.4) is 0 Å². The molecule has 1 saturated heterocycles. The molecule has 2 amide bonds. The largest absolute Gasteiger partial charge is 0.335 e. The number of carbonyl (C=O) groups excluding carboxylic acids is 1. The molecule has 2 N–H and O–H groups in total. The molecule has 1 aromatic heterocycles. The van der Waals surface area contributed by atoms with Crippen LogP contribution in [0.2, 0.25) is 0 Å². The van der Waals surface area contributed by atoms with Crippen LogP contribution in [-0.4, -0.2) is 45.4 Å². The molecule has 2 rings (SSSR count). The molecule has 0 spiro atoms. The molecule has 0 aliphatic carbocycles. The number of amides is 2. The maximum absolute atomic E-state index is 12.3. The van der Waals surface area contributed by atoms with Gasteiger partial charge in [-0.3, -0.25) is 9.58 Å². The van der Waals surface area contributed by atoms with Crippen molar-refractivity contribution in [3.8, 4) is 0 Å². The van der Waals surface area contributed by atoms with Crippen molar-refractivity contribution in [1.29, 1.82) is 0 Å². The number of carbonyl (C=O) groups is 1. The van der Waals surface area contributed by atoms with Gasteiger partial charge < -0.3 is 10.6 Å². The Morgan fingerprint density at radius 3 is 2.43 bits per heavy atom. The fraction of sp³-hybridized carbons (Fsp3) is 0.765. The summed E-state index contributed by atoms with van der Waals surface area (Å²) in [5, 5.41) is 10.5. The Balaban J connectivity index is 1.87. The van der Waals surface area contributed by atoms with Crippen LogP contribution < -0.4 is 10.6 Å². The van der Waals surface area contributed by atoms with E-state index in [0.29, 0.717) is 0 Å². The summed E-state index contributed by atoms with van der Waals surface area (Å²) >= 11 is 0. The van der Waals surface area contributed by atoms with Crippen molar-refractivity contribution in [3.63, 3.8) is 0 Å². The molecule has 0 saturated carbocycles. The van der Waals surface area contributed by atoms with Crippen LogP contribution in [0.5, 0.6) is 0 Å². The maximum Gasteiger partial charge on any atom is 0.319 e. The molecule has 0 radical (unpaired) electrons. The number of likely N-dealkylation sites (tertiary alicyclic amines) is 1. The monoisotopic (exact) mass is 321 g/mol. The lowest BCUT2D eigenvalue weighted by Crippen LogP contribution is -2.51. The number of aromatic nitrogens is 2. The van der Waals surface area contributed by atoms with Gasteiger partial charge in [-0.05, 0) is 39.5 Å². The fourth-order valence-corrected chi connectivity index (χ4v) is 3.07. The maximum atomic E-state index is 12.3. The first-order valence-corrected chi connectivity index (χ1v) is 8.53. The van der Waals surface area contributed by atoms with Crippen molar-refractivity contribution in [2.75, 3.05) is 18.4 Å². The number of aryl methyl sites for hydroxylation is 1. The molecule has 1 aromatic rings. The molecule has 0 bridgehead atoms. The van der Waals surface area contributed by atoms with Crippen molar-refractivity contribution in [3.05, 3.63) is 11.9 Å². The van der Waals surface area contributed by atoms with Crippen molar-refractivity contribution in [2.24, 2.45) is 7.05 Å². The molecule has 0 unspecified atom stereocenters. The Morgan fingerprint density at radius 2 is 1.91 bits per heavy atom. The van der Waals surface area contributed by atoms with E-state index < -0.39 is 0 Å². The molecule has 1 aliphatic heterocycles. The number of anilines is 1. The standard InChI is InChI=1S/C17H31N5O/c1-12(2)15-14(11-21(6)20-15)19-16(23)18-13-7-9-22(10-8-13)17(3,4)5/h11-13H,7-10H2,1-6H3,(H2,18,19,23). The molecule has 23 heavy (non-hydrogen) atoms. The Labute approximate surface area is 139 Å². The summed E-state index contributed by atoms with van der Waals surface area (Å²) in [6.07, 6.45) is 3.85. The smallest absolute Gasteiger partial charge is 0.319 e. The van der Waals surface area contributed by atoms with Crippen molar-refractivity contribution >= 4 is 11.7 Å². The van der Waals surface area contributed by atoms with E-state index in [9.17, 15) is 4.79 Å². The quantitative estimate of drug-likeness (QED) is 0.900. The van der Waals surface area contributed by atoms with Crippen LogP contribution >= 0.6 is 0 Å². The lowest BCUT2D eigenvalue weighted by molar-refractivity contribution is 0.0983. The number of rotatable bonds is 3. The zero-order valence-electron chi connectivity index (χ0n) is 15.3. The van der Waals surface area contributed by atoms with E-state index >= 15 is 0 Å².